The number of cyclic esters (lactones) is 1. The fourth-order valence-electron chi connectivity index (χ4n) is 3.98. The zero-order valence-electron chi connectivity index (χ0n) is 20.6. The quantitative estimate of drug-likeness (QED) is 0.441. The van der Waals surface area contributed by atoms with E-state index in [-0.39, 0.29) is 25.7 Å². The molecule has 2 aromatic carbocycles. The lowest BCUT2D eigenvalue weighted by atomic mass is 10.0. The van der Waals surface area contributed by atoms with Crippen LogP contribution in [0.4, 0.5) is 15.3 Å². The van der Waals surface area contributed by atoms with Crippen molar-refractivity contribution in [2.24, 2.45) is 0 Å². The molecule has 2 aliphatic rings. The number of hydrogen-bond donors (Lipinski definition) is 3. The lowest BCUT2D eigenvalue weighted by Crippen LogP contribution is -2.35. The van der Waals surface area contributed by atoms with Crippen LogP contribution >= 0.6 is 11.8 Å². The van der Waals surface area contributed by atoms with Gasteiger partial charge in [-0.15, -0.1) is 11.8 Å². The molecule has 10 heteroatoms. The van der Waals surface area contributed by atoms with Gasteiger partial charge in [-0.05, 0) is 42.0 Å². The molecule has 0 aromatic heterocycles. The highest BCUT2D eigenvalue weighted by Gasteiger charge is 2.38. The van der Waals surface area contributed by atoms with Crippen molar-refractivity contribution in [3.05, 3.63) is 88.0 Å². The number of benzene rings is 2. The zero-order valence-corrected chi connectivity index (χ0v) is 21.4. The third kappa shape index (κ3) is 6.39. The van der Waals surface area contributed by atoms with Gasteiger partial charge in [-0.2, -0.15) is 0 Å². The number of allylic oxidation sites excluding steroid dienone is 3. The predicted octanol–water partition coefficient (Wildman–Crippen LogP) is 4.50. The summed E-state index contributed by atoms with van der Waals surface area (Å²) in [7, 11) is 0. The fraction of sp³-hybridized carbons (Fsp3) is 0.259. The SMILES string of the molecule is CSC1=C(C)C(NC(=O)NCc2ccc(N3CC(C(=O)OCc4ccccc4)OC3=O)cc2)=CCC1=N. The van der Waals surface area contributed by atoms with Gasteiger partial charge in [0.1, 0.15) is 6.61 Å². The number of rotatable bonds is 8. The first-order valence-corrected chi connectivity index (χ1v) is 12.9. The van der Waals surface area contributed by atoms with E-state index in [0.29, 0.717) is 23.5 Å². The van der Waals surface area contributed by atoms with Crippen LogP contribution in [0.2, 0.25) is 0 Å². The van der Waals surface area contributed by atoms with Crippen LogP contribution in [0.15, 0.2) is 76.8 Å². The molecule has 3 N–H and O–H groups in total. The van der Waals surface area contributed by atoms with E-state index >= 15 is 0 Å². The molecule has 0 radical (unpaired) electrons. The molecule has 1 atom stereocenters. The number of nitrogens with one attached hydrogen (secondary N) is 3. The number of esters is 1. The summed E-state index contributed by atoms with van der Waals surface area (Å²) in [5, 5.41) is 13.7. The molecule has 0 bridgehead atoms. The topological polar surface area (TPSA) is 121 Å². The standard InChI is InChI=1S/C27H28N4O5S/c1-17-22(13-12-21(28)24(17)37-2)30-26(33)29-14-18-8-10-20(11-9-18)31-15-23(36-27(31)34)25(32)35-16-19-6-4-3-5-7-19/h3-11,13,23,28H,12,14-16H2,1-2H3,(H2,29,30,33). The number of ether oxygens (including phenoxy) is 2. The molecule has 1 aliphatic heterocycles. The van der Waals surface area contributed by atoms with E-state index in [9.17, 15) is 14.4 Å². The van der Waals surface area contributed by atoms with Crippen LogP contribution in [0.1, 0.15) is 24.5 Å². The highest BCUT2D eigenvalue weighted by atomic mass is 32.2. The summed E-state index contributed by atoms with van der Waals surface area (Å²) in [6.45, 7) is 2.34. The van der Waals surface area contributed by atoms with E-state index in [1.165, 1.54) is 16.7 Å². The Morgan fingerprint density at radius 3 is 2.57 bits per heavy atom. The number of anilines is 1. The average Bonchev–Trinajstić information content (AvgIpc) is 3.30. The summed E-state index contributed by atoms with van der Waals surface area (Å²) in [6.07, 6.45) is 2.62. The van der Waals surface area contributed by atoms with E-state index in [2.05, 4.69) is 10.6 Å². The van der Waals surface area contributed by atoms with E-state index in [4.69, 9.17) is 14.9 Å². The van der Waals surface area contributed by atoms with E-state index in [1.807, 2.05) is 49.6 Å². The van der Waals surface area contributed by atoms with Crippen molar-refractivity contribution in [1.29, 1.82) is 5.41 Å². The molecule has 9 nitrogen and oxygen atoms in total. The Kier molecular flexibility index (Phi) is 8.29. The molecule has 37 heavy (non-hydrogen) atoms. The van der Waals surface area contributed by atoms with Gasteiger partial charge < -0.3 is 25.5 Å². The lowest BCUT2D eigenvalue weighted by molar-refractivity contribution is -0.152. The summed E-state index contributed by atoms with van der Waals surface area (Å²) in [5.74, 6) is -0.591. The average molecular weight is 521 g/mol. The molecule has 4 rings (SSSR count). The smallest absolute Gasteiger partial charge is 0.415 e. The van der Waals surface area contributed by atoms with Gasteiger partial charge in [-0.3, -0.25) is 4.90 Å². The third-order valence-electron chi connectivity index (χ3n) is 5.98. The van der Waals surface area contributed by atoms with Gasteiger partial charge >= 0.3 is 18.1 Å². The molecule has 1 unspecified atom stereocenters. The van der Waals surface area contributed by atoms with Gasteiger partial charge in [0.05, 0.1) is 6.54 Å². The van der Waals surface area contributed by atoms with Crippen molar-refractivity contribution in [3.63, 3.8) is 0 Å². The molecule has 0 saturated carbocycles. The Morgan fingerprint density at radius 1 is 1.14 bits per heavy atom. The highest BCUT2D eigenvalue weighted by molar-refractivity contribution is 8.03. The maximum Gasteiger partial charge on any atom is 0.415 e. The minimum absolute atomic E-state index is 0.0595. The normalized spacial score (nSPS) is 17.3. The van der Waals surface area contributed by atoms with E-state index in [0.717, 1.165) is 21.6 Å². The van der Waals surface area contributed by atoms with Gasteiger partial charge in [0.25, 0.3) is 0 Å². The van der Waals surface area contributed by atoms with Crippen LogP contribution in [-0.4, -0.2) is 42.7 Å². The van der Waals surface area contributed by atoms with E-state index < -0.39 is 18.2 Å². The number of nitrogens with zero attached hydrogens (tertiary/aromatic N) is 1. The van der Waals surface area contributed by atoms with Crippen molar-refractivity contribution in [3.8, 4) is 0 Å². The number of amides is 3. The fourth-order valence-corrected chi connectivity index (χ4v) is 4.73. The summed E-state index contributed by atoms with van der Waals surface area (Å²) >= 11 is 1.50. The van der Waals surface area contributed by atoms with Crippen LogP contribution in [0.3, 0.4) is 0 Å². The van der Waals surface area contributed by atoms with Gasteiger partial charge in [0, 0.05) is 35.0 Å². The van der Waals surface area contributed by atoms with Crippen LogP contribution in [-0.2, 0) is 27.4 Å². The first-order valence-electron chi connectivity index (χ1n) is 11.7. The number of carbonyl (C=O) groups excluding carboxylic acids is 3. The molecular weight excluding hydrogens is 492 g/mol. The van der Waals surface area contributed by atoms with Crippen molar-refractivity contribution >= 4 is 41.3 Å². The Hall–Kier alpha value is -4.05. The zero-order chi connectivity index (χ0) is 26.4. The predicted molar refractivity (Wildman–Crippen MR) is 142 cm³/mol. The Balaban J connectivity index is 1.27. The van der Waals surface area contributed by atoms with Crippen molar-refractivity contribution in [2.75, 3.05) is 17.7 Å². The first-order chi connectivity index (χ1) is 17.9. The number of thioether (sulfide) groups is 1. The molecule has 1 saturated heterocycles. The van der Waals surface area contributed by atoms with Gasteiger partial charge in [0.15, 0.2) is 0 Å². The molecule has 0 spiro atoms. The monoisotopic (exact) mass is 520 g/mol. The van der Waals surface area contributed by atoms with Crippen molar-refractivity contribution in [2.45, 2.75) is 32.6 Å². The number of urea groups is 1. The molecule has 192 valence electrons. The molecule has 1 fully saturated rings. The number of hydrogen-bond acceptors (Lipinski definition) is 7. The summed E-state index contributed by atoms with van der Waals surface area (Å²) in [5.41, 5.74) is 4.40. The molecule has 1 heterocycles. The van der Waals surface area contributed by atoms with Crippen LogP contribution in [0, 0.1) is 5.41 Å². The second kappa shape index (κ2) is 11.8. The van der Waals surface area contributed by atoms with Crippen LogP contribution in [0.25, 0.3) is 0 Å². The van der Waals surface area contributed by atoms with Crippen LogP contribution < -0.4 is 15.5 Å². The van der Waals surface area contributed by atoms with Crippen molar-refractivity contribution < 1.29 is 23.9 Å². The Labute approximate surface area is 219 Å². The molecule has 1 aliphatic carbocycles. The second-order valence-corrected chi connectivity index (χ2v) is 9.33. The largest absolute Gasteiger partial charge is 0.458 e. The maximum absolute atomic E-state index is 12.4. The van der Waals surface area contributed by atoms with Crippen molar-refractivity contribution in [1.82, 2.24) is 10.6 Å². The summed E-state index contributed by atoms with van der Waals surface area (Å²) < 4.78 is 10.5. The summed E-state index contributed by atoms with van der Waals surface area (Å²) in [6, 6.07) is 16.0. The van der Waals surface area contributed by atoms with Gasteiger partial charge in [0.2, 0.25) is 6.10 Å². The van der Waals surface area contributed by atoms with Crippen LogP contribution in [0.5, 0.6) is 0 Å². The Bertz CT molecular complexity index is 1260. The summed E-state index contributed by atoms with van der Waals surface area (Å²) in [4.78, 5) is 39.4. The van der Waals surface area contributed by atoms with Gasteiger partial charge in [-0.1, -0.05) is 48.5 Å². The molecular formula is C27H28N4O5S. The maximum atomic E-state index is 12.4. The third-order valence-corrected chi connectivity index (χ3v) is 6.94. The number of carbonyl (C=O) groups is 3. The highest BCUT2D eigenvalue weighted by Crippen LogP contribution is 2.28. The first kappa shape index (κ1) is 26.0. The van der Waals surface area contributed by atoms with E-state index in [1.54, 1.807) is 24.3 Å². The lowest BCUT2D eigenvalue weighted by Gasteiger charge is -2.20. The minimum Gasteiger partial charge on any atom is -0.458 e. The Morgan fingerprint density at radius 2 is 1.86 bits per heavy atom. The van der Waals surface area contributed by atoms with Gasteiger partial charge in [-0.25, -0.2) is 14.4 Å². The minimum atomic E-state index is -0.997. The molecule has 2 aromatic rings. The second-order valence-electron chi connectivity index (χ2n) is 8.51. The molecule has 3 amide bonds.